The van der Waals surface area contributed by atoms with E-state index in [2.05, 4.69) is 20.4 Å². The van der Waals surface area contributed by atoms with Crippen LogP contribution in [0.5, 0.6) is 0 Å². The maximum atomic E-state index is 13.7. The fourth-order valence-corrected chi connectivity index (χ4v) is 4.59. The number of hydrogen-bond acceptors (Lipinski definition) is 4. The van der Waals surface area contributed by atoms with Crippen LogP contribution in [-0.4, -0.2) is 34.6 Å². The van der Waals surface area contributed by atoms with Crippen molar-refractivity contribution in [3.05, 3.63) is 114 Å². The minimum Gasteiger partial charge on any atom is -0.322 e. The minimum absolute atomic E-state index is 0.125. The molecule has 4 aromatic heterocycles. The van der Waals surface area contributed by atoms with Crippen LogP contribution in [0.3, 0.4) is 0 Å². The van der Waals surface area contributed by atoms with Crippen LogP contribution >= 0.6 is 0 Å². The van der Waals surface area contributed by atoms with Crippen molar-refractivity contribution in [2.45, 2.75) is 20.0 Å². The van der Waals surface area contributed by atoms with E-state index in [1.165, 1.54) is 16.8 Å². The molecule has 0 atom stereocenters. The molecular weight excluding hydrogens is 519 g/mol. The summed E-state index contributed by atoms with van der Waals surface area (Å²) < 4.78 is 46.3. The summed E-state index contributed by atoms with van der Waals surface area (Å²) >= 11 is 0. The summed E-state index contributed by atoms with van der Waals surface area (Å²) in [6.07, 6.45) is 5.52. The number of alkyl halides is 3. The maximum Gasteiger partial charge on any atom is 0.416 e. The lowest BCUT2D eigenvalue weighted by Crippen LogP contribution is -2.15. The Morgan fingerprint density at radius 2 is 1.77 bits per heavy atom. The van der Waals surface area contributed by atoms with Crippen LogP contribution in [-0.2, 0) is 6.18 Å². The van der Waals surface area contributed by atoms with E-state index in [-0.39, 0.29) is 11.3 Å². The number of imidazole rings is 2. The van der Waals surface area contributed by atoms with Gasteiger partial charge in [0.15, 0.2) is 0 Å². The molecule has 1 N–H and O–H groups in total. The molecule has 8 nitrogen and oxygen atoms in total. The average molecular weight is 542 g/mol. The zero-order valence-electron chi connectivity index (χ0n) is 21.4. The number of benzene rings is 2. The number of aromatic nitrogens is 6. The minimum atomic E-state index is -4.63. The molecule has 0 saturated carbocycles. The van der Waals surface area contributed by atoms with Crippen molar-refractivity contribution in [1.29, 1.82) is 0 Å². The third-order valence-electron chi connectivity index (χ3n) is 6.61. The molecule has 4 heterocycles. The van der Waals surface area contributed by atoms with E-state index in [9.17, 15) is 18.0 Å². The van der Waals surface area contributed by atoms with Gasteiger partial charge in [0.25, 0.3) is 5.91 Å². The molecule has 200 valence electrons. The number of amides is 1. The number of carbonyl (C=O) groups excluding carboxylic acids is 1. The first-order chi connectivity index (χ1) is 19.2. The monoisotopic (exact) mass is 541 g/mol. The van der Waals surface area contributed by atoms with Gasteiger partial charge in [-0.15, -0.1) is 0 Å². The summed E-state index contributed by atoms with van der Waals surface area (Å²) in [6, 6.07) is 14.3. The fraction of sp³-hybridized carbons (Fsp3) is 0.103. The van der Waals surface area contributed by atoms with Crippen LogP contribution in [0.25, 0.3) is 28.3 Å². The van der Waals surface area contributed by atoms with E-state index in [0.29, 0.717) is 11.5 Å². The lowest BCUT2D eigenvalue weighted by molar-refractivity contribution is -0.137. The molecule has 0 aliphatic heterocycles. The van der Waals surface area contributed by atoms with E-state index >= 15 is 0 Å². The van der Waals surface area contributed by atoms with E-state index in [4.69, 9.17) is 0 Å². The maximum absolute atomic E-state index is 13.7. The highest BCUT2D eigenvalue weighted by Gasteiger charge is 2.32. The Labute approximate surface area is 226 Å². The van der Waals surface area contributed by atoms with Gasteiger partial charge in [0.05, 0.1) is 16.9 Å². The molecule has 0 aliphatic rings. The largest absolute Gasteiger partial charge is 0.416 e. The summed E-state index contributed by atoms with van der Waals surface area (Å²) in [7, 11) is 0. The second-order valence-electron chi connectivity index (χ2n) is 9.31. The van der Waals surface area contributed by atoms with E-state index in [1.807, 2.05) is 48.1 Å². The number of pyridine rings is 1. The van der Waals surface area contributed by atoms with Gasteiger partial charge in [-0.05, 0) is 61.9 Å². The van der Waals surface area contributed by atoms with Gasteiger partial charge in [-0.2, -0.15) is 18.3 Å². The van der Waals surface area contributed by atoms with E-state index in [0.717, 1.165) is 40.3 Å². The Bertz CT molecular complexity index is 1870. The molecule has 40 heavy (non-hydrogen) atoms. The third kappa shape index (κ3) is 4.62. The third-order valence-corrected chi connectivity index (χ3v) is 6.61. The number of nitrogens with one attached hydrogen (secondary N) is 1. The molecule has 0 aliphatic carbocycles. The van der Waals surface area contributed by atoms with Crippen LogP contribution in [0.1, 0.15) is 27.3 Å². The molecule has 6 aromatic rings. The zero-order valence-corrected chi connectivity index (χ0v) is 21.4. The van der Waals surface area contributed by atoms with Crippen LogP contribution in [0.15, 0.2) is 91.8 Å². The Kier molecular flexibility index (Phi) is 5.98. The second-order valence-corrected chi connectivity index (χ2v) is 9.31. The summed E-state index contributed by atoms with van der Waals surface area (Å²) in [5.74, 6) is -0.167. The molecular formula is C29H22F3N7O. The Morgan fingerprint density at radius 3 is 2.50 bits per heavy atom. The molecule has 0 unspecified atom stereocenters. The standard InChI is InChI=1S/C29H22F3N7O/c1-18-5-6-23(15-26(18)38-10-11-39-27(38)16-25(36-39)20-4-3-7-33-17-20)35-28(40)21-12-22(29(30,31)32)14-24(13-21)37-9-8-34-19(37)2/h3-17H,1-2H3,(H,35,40). The molecule has 11 heteroatoms. The number of anilines is 1. The lowest BCUT2D eigenvalue weighted by atomic mass is 10.1. The SMILES string of the molecule is Cc1ccc(NC(=O)c2cc(-n3ccnc3C)cc(C(F)(F)F)c2)cc1-n1ccn2nc(-c3cccnc3)cc12. The quantitative estimate of drug-likeness (QED) is 0.279. The lowest BCUT2D eigenvalue weighted by Gasteiger charge is -2.15. The van der Waals surface area contributed by atoms with Crippen molar-refractivity contribution in [1.82, 2.24) is 28.7 Å². The van der Waals surface area contributed by atoms with E-state index < -0.39 is 17.6 Å². The topological polar surface area (TPSA) is 82.0 Å². The van der Waals surface area contributed by atoms with Crippen molar-refractivity contribution in [3.63, 3.8) is 0 Å². The van der Waals surface area contributed by atoms with Crippen molar-refractivity contribution in [2.75, 3.05) is 5.32 Å². The average Bonchev–Trinajstić information content (AvgIpc) is 3.66. The van der Waals surface area contributed by atoms with Gasteiger partial charge in [-0.1, -0.05) is 6.07 Å². The number of fused-ring (bicyclic) bond motifs is 1. The highest BCUT2D eigenvalue weighted by Crippen LogP contribution is 2.32. The fourth-order valence-electron chi connectivity index (χ4n) is 4.59. The van der Waals surface area contributed by atoms with Crippen molar-refractivity contribution in [3.8, 4) is 22.6 Å². The van der Waals surface area contributed by atoms with Gasteiger partial charge < -0.3 is 9.88 Å². The smallest absolute Gasteiger partial charge is 0.322 e. The Hall–Kier alpha value is -5.19. The number of hydrogen-bond donors (Lipinski definition) is 1. The second kappa shape index (κ2) is 9.53. The normalized spacial score (nSPS) is 11.7. The molecule has 0 radical (unpaired) electrons. The number of carbonyl (C=O) groups is 1. The first kappa shape index (κ1) is 25.1. The molecule has 6 rings (SSSR count). The van der Waals surface area contributed by atoms with Gasteiger partial charge in [-0.3, -0.25) is 14.3 Å². The number of rotatable bonds is 5. The zero-order chi connectivity index (χ0) is 28.0. The molecule has 0 bridgehead atoms. The van der Waals surface area contributed by atoms with Gasteiger partial charge >= 0.3 is 6.18 Å². The molecule has 0 saturated heterocycles. The Morgan fingerprint density at radius 1 is 0.925 bits per heavy atom. The highest BCUT2D eigenvalue weighted by molar-refractivity contribution is 6.05. The summed E-state index contributed by atoms with van der Waals surface area (Å²) in [5.41, 5.74) is 3.72. The van der Waals surface area contributed by atoms with Gasteiger partial charge in [0.1, 0.15) is 11.5 Å². The van der Waals surface area contributed by atoms with Crippen LogP contribution in [0.2, 0.25) is 0 Å². The molecule has 0 fully saturated rings. The number of aryl methyl sites for hydroxylation is 2. The van der Waals surface area contributed by atoms with Gasteiger partial charge in [-0.25, -0.2) is 9.50 Å². The number of nitrogens with zero attached hydrogens (tertiary/aromatic N) is 6. The highest BCUT2D eigenvalue weighted by atomic mass is 19.4. The van der Waals surface area contributed by atoms with Crippen LogP contribution in [0, 0.1) is 13.8 Å². The summed E-state index contributed by atoms with van der Waals surface area (Å²) in [4.78, 5) is 21.5. The molecule has 0 spiro atoms. The van der Waals surface area contributed by atoms with E-state index in [1.54, 1.807) is 42.2 Å². The predicted molar refractivity (Wildman–Crippen MR) is 144 cm³/mol. The van der Waals surface area contributed by atoms with Gasteiger partial charge in [0, 0.05) is 65.7 Å². The summed E-state index contributed by atoms with van der Waals surface area (Å²) in [6.45, 7) is 3.61. The van der Waals surface area contributed by atoms with Crippen molar-refractivity contribution >= 4 is 17.2 Å². The summed E-state index contributed by atoms with van der Waals surface area (Å²) in [5, 5.41) is 7.38. The Balaban J connectivity index is 1.34. The first-order valence-electron chi connectivity index (χ1n) is 12.3. The van der Waals surface area contributed by atoms with Crippen LogP contribution < -0.4 is 5.32 Å². The van der Waals surface area contributed by atoms with Gasteiger partial charge in [0.2, 0.25) is 0 Å². The molecule has 2 aromatic carbocycles. The van der Waals surface area contributed by atoms with Crippen molar-refractivity contribution in [2.24, 2.45) is 0 Å². The molecule has 1 amide bonds. The van der Waals surface area contributed by atoms with Crippen molar-refractivity contribution < 1.29 is 18.0 Å². The number of halogens is 3. The van der Waals surface area contributed by atoms with Crippen LogP contribution in [0.4, 0.5) is 18.9 Å². The predicted octanol–water partition coefficient (Wildman–Crippen LogP) is 6.26. The first-order valence-corrected chi connectivity index (χ1v) is 12.3.